The Morgan fingerprint density at radius 2 is 1.69 bits per heavy atom. The van der Waals surface area contributed by atoms with Gasteiger partial charge >= 0.3 is 0 Å². The van der Waals surface area contributed by atoms with Gasteiger partial charge in [-0.15, -0.1) is 0 Å². The summed E-state index contributed by atoms with van der Waals surface area (Å²) in [6.07, 6.45) is 6.32. The molecule has 0 spiro atoms. The minimum atomic E-state index is -0.217. The SMILES string of the molecule is CC(=O)N1CCN(C(=O)c2cccc(Nc3cc4c(cn3)N(C)C(=O)C(C)N4C3CCCC3)c2)CC1. The molecule has 1 N–H and O–H groups in total. The van der Waals surface area contributed by atoms with E-state index in [2.05, 4.69) is 15.2 Å². The van der Waals surface area contributed by atoms with E-state index >= 15 is 0 Å². The second-order valence-electron chi connectivity index (χ2n) is 9.98. The number of hydrogen-bond donors (Lipinski definition) is 1. The summed E-state index contributed by atoms with van der Waals surface area (Å²) in [5.74, 6) is 0.766. The summed E-state index contributed by atoms with van der Waals surface area (Å²) in [6.45, 7) is 5.73. The topological polar surface area (TPSA) is 89.1 Å². The molecule has 5 rings (SSSR count). The molecular formula is C27H34N6O3. The number of carbonyl (C=O) groups excluding carboxylic acids is 3. The van der Waals surface area contributed by atoms with Crippen molar-refractivity contribution in [1.29, 1.82) is 0 Å². The molecule has 3 aliphatic rings. The number of rotatable bonds is 4. The Bertz CT molecular complexity index is 1170. The van der Waals surface area contributed by atoms with Crippen molar-refractivity contribution in [1.82, 2.24) is 14.8 Å². The Balaban J connectivity index is 1.35. The standard InChI is InChI=1S/C27H34N6O3/c1-18-26(35)30(3)24-17-28-25(16-23(24)33(18)22-9-4-5-10-22)29-21-8-6-7-20(15-21)27(36)32-13-11-31(12-14-32)19(2)34/h6-8,15-18,22H,4-5,9-14H2,1-3H3,(H,28,29). The molecule has 36 heavy (non-hydrogen) atoms. The molecule has 1 aromatic heterocycles. The molecule has 3 amide bonds. The van der Waals surface area contributed by atoms with E-state index in [0.29, 0.717) is 43.6 Å². The fourth-order valence-electron chi connectivity index (χ4n) is 5.68. The van der Waals surface area contributed by atoms with Gasteiger partial charge in [-0.2, -0.15) is 0 Å². The highest BCUT2D eigenvalue weighted by atomic mass is 16.2. The van der Waals surface area contributed by atoms with E-state index in [-0.39, 0.29) is 23.8 Å². The maximum absolute atomic E-state index is 13.1. The van der Waals surface area contributed by atoms with Crippen LogP contribution in [-0.4, -0.2) is 77.8 Å². The zero-order chi connectivity index (χ0) is 25.4. The largest absolute Gasteiger partial charge is 0.355 e. The summed E-state index contributed by atoms with van der Waals surface area (Å²) >= 11 is 0. The summed E-state index contributed by atoms with van der Waals surface area (Å²) in [6, 6.07) is 9.59. The first kappa shape index (κ1) is 24.1. The van der Waals surface area contributed by atoms with Crippen molar-refractivity contribution in [3.05, 3.63) is 42.1 Å². The first-order valence-corrected chi connectivity index (χ1v) is 12.8. The van der Waals surface area contributed by atoms with E-state index < -0.39 is 0 Å². The van der Waals surface area contributed by atoms with Crippen molar-refractivity contribution >= 4 is 40.6 Å². The van der Waals surface area contributed by atoms with E-state index in [4.69, 9.17) is 0 Å². The molecule has 190 valence electrons. The third-order valence-corrected chi connectivity index (χ3v) is 7.72. The van der Waals surface area contributed by atoms with Crippen LogP contribution < -0.4 is 15.1 Å². The highest BCUT2D eigenvalue weighted by Gasteiger charge is 2.38. The number of fused-ring (bicyclic) bond motifs is 1. The Morgan fingerprint density at radius 3 is 2.39 bits per heavy atom. The lowest BCUT2D eigenvalue weighted by Crippen LogP contribution is -2.54. The number of carbonyl (C=O) groups is 3. The number of hydrogen-bond acceptors (Lipinski definition) is 6. The molecule has 1 aromatic carbocycles. The Kier molecular flexibility index (Phi) is 6.55. The fourth-order valence-corrected chi connectivity index (χ4v) is 5.68. The third kappa shape index (κ3) is 4.50. The van der Waals surface area contributed by atoms with E-state index in [9.17, 15) is 14.4 Å². The molecule has 1 unspecified atom stereocenters. The van der Waals surface area contributed by atoms with Gasteiger partial charge in [-0.1, -0.05) is 18.9 Å². The van der Waals surface area contributed by atoms with Crippen molar-refractivity contribution in [3.8, 4) is 0 Å². The molecule has 2 fully saturated rings. The molecule has 9 nitrogen and oxygen atoms in total. The van der Waals surface area contributed by atoms with Crippen molar-refractivity contribution in [2.24, 2.45) is 0 Å². The smallest absolute Gasteiger partial charge is 0.254 e. The second kappa shape index (κ2) is 9.79. The zero-order valence-corrected chi connectivity index (χ0v) is 21.2. The van der Waals surface area contributed by atoms with Crippen LogP contribution in [-0.2, 0) is 9.59 Å². The highest BCUT2D eigenvalue weighted by Crippen LogP contribution is 2.41. The van der Waals surface area contributed by atoms with Crippen LogP contribution in [0.5, 0.6) is 0 Å². The summed E-state index contributed by atoms with van der Waals surface area (Å²) < 4.78 is 0. The Morgan fingerprint density at radius 1 is 1.00 bits per heavy atom. The first-order chi connectivity index (χ1) is 17.3. The number of pyridine rings is 1. The van der Waals surface area contributed by atoms with Gasteiger partial charge in [0.25, 0.3) is 5.91 Å². The minimum Gasteiger partial charge on any atom is -0.355 e. The number of nitrogens with one attached hydrogen (secondary N) is 1. The van der Waals surface area contributed by atoms with Crippen molar-refractivity contribution < 1.29 is 14.4 Å². The van der Waals surface area contributed by atoms with Gasteiger partial charge in [0.15, 0.2) is 0 Å². The van der Waals surface area contributed by atoms with Gasteiger partial charge in [-0.25, -0.2) is 4.98 Å². The fraction of sp³-hybridized carbons (Fsp3) is 0.481. The predicted octanol–water partition coefficient (Wildman–Crippen LogP) is 3.24. The number of amides is 3. The van der Waals surface area contributed by atoms with Gasteiger partial charge in [0.05, 0.1) is 17.6 Å². The Labute approximate surface area is 212 Å². The molecule has 2 aliphatic heterocycles. The van der Waals surface area contributed by atoms with Gasteiger partial charge < -0.3 is 24.9 Å². The number of piperazine rings is 1. The number of aromatic nitrogens is 1. The van der Waals surface area contributed by atoms with Gasteiger partial charge in [-0.05, 0) is 38.0 Å². The minimum absolute atomic E-state index is 0.0402. The van der Waals surface area contributed by atoms with Crippen molar-refractivity contribution in [2.45, 2.75) is 51.6 Å². The molecular weight excluding hydrogens is 456 g/mol. The van der Waals surface area contributed by atoms with Crippen LogP contribution in [0.15, 0.2) is 36.5 Å². The van der Waals surface area contributed by atoms with E-state index in [1.165, 1.54) is 12.8 Å². The van der Waals surface area contributed by atoms with Gasteiger partial charge in [-0.3, -0.25) is 14.4 Å². The maximum atomic E-state index is 13.1. The second-order valence-corrected chi connectivity index (χ2v) is 9.98. The highest BCUT2D eigenvalue weighted by molar-refractivity contribution is 6.05. The molecule has 1 aliphatic carbocycles. The lowest BCUT2D eigenvalue weighted by Gasteiger charge is -2.43. The first-order valence-electron chi connectivity index (χ1n) is 12.8. The number of likely N-dealkylation sites (N-methyl/N-ethyl adjacent to an activating group) is 1. The quantitative estimate of drug-likeness (QED) is 0.708. The van der Waals surface area contributed by atoms with E-state index in [0.717, 1.165) is 29.9 Å². The van der Waals surface area contributed by atoms with Crippen molar-refractivity contribution in [2.75, 3.05) is 48.3 Å². The van der Waals surface area contributed by atoms with Crippen molar-refractivity contribution in [3.63, 3.8) is 0 Å². The molecule has 0 bridgehead atoms. The van der Waals surface area contributed by atoms with Crippen LogP contribution >= 0.6 is 0 Å². The number of benzene rings is 1. The third-order valence-electron chi connectivity index (χ3n) is 7.72. The summed E-state index contributed by atoms with van der Waals surface area (Å²) in [5, 5.41) is 3.36. The van der Waals surface area contributed by atoms with Gasteiger partial charge in [0.2, 0.25) is 11.8 Å². The average molecular weight is 491 g/mol. The molecule has 1 saturated heterocycles. The van der Waals surface area contributed by atoms with Crippen LogP contribution in [0.2, 0.25) is 0 Å². The molecule has 2 aromatic rings. The lowest BCUT2D eigenvalue weighted by molar-refractivity contribution is -0.130. The number of nitrogens with zero attached hydrogens (tertiary/aromatic N) is 5. The predicted molar refractivity (Wildman–Crippen MR) is 140 cm³/mol. The molecule has 9 heteroatoms. The summed E-state index contributed by atoms with van der Waals surface area (Å²) in [5.41, 5.74) is 3.21. The Hall–Kier alpha value is -3.62. The molecule has 3 heterocycles. The maximum Gasteiger partial charge on any atom is 0.254 e. The van der Waals surface area contributed by atoms with Crippen LogP contribution in [0.25, 0.3) is 0 Å². The van der Waals surface area contributed by atoms with Crippen LogP contribution in [0, 0.1) is 0 Å². The molecule has 1 saturated carbocycles. The zero-order valence-electron chi connectivity index (χ0n) is 21.2. The van der Waals surface area contributed by atoms with Crippen LogP contribution in [0.4, 0.5) is 22.9 Å². The van der Waals surface area contributed by atoms with Crippen LogP contribution in [0.1, 0.15) is 49.9 Å². The summed E-state index contributed by atoms with van der Waals surface area (Å²) in [4.78, 5) is 49.7. The molecule has 0 radical (unpaired) electrons. The number of anilines is 4. The monoisotopic (exact) mass is 490 g/mol. The summed E-state index contributed by atoms with van der Waals surface area (Å²) in [7, 11) is 1.81. The average Bonchev–Trinajstić information content (AvgIpc) is 3.42. The van der Waals surface area contributed by atoms with E-state index in [1.807, 2.05) is 44.3 Å². The molecule has 1 atom stereocenters. The van der Waals surface area contributed by atoms with Gasteiger partial charge in [0, 0.05) is 63.5 Å². The van der Waals surface area contributed by atoms with Gasteiger partial charge in [0.1, 0.15) is 11.9 Å². The van der Waals surface area contributed by atoms with Crippen LogP contribution in [0.3, 0.4) is 0 Å². The normalized spacial score (nSPS) is 20.5. The van der Waals surface area contributed by atoms with E-state index in [1.54, 1.807) is 27.8 Å². The lowest BCUT2D eigenvalue weighted by atomic mass is 10.0.